The van der Waals surface area contributed by atoms with Crippen LogP contribution in [-0.4, -0.2) is 34.1 Å². The average molecular weight is 1090 g/mol. The van der Waals surface area contributed by atoms with Gasteiger partial charge in [-0.2, -0.15) is 0 Å². The molecule has 0 spiro atoms. The van der Waals surface area contributed by atoms with Crippen LogP contribution in [0.5, 0.6) is 0 Å². The third-order valence-corrected chi connectivity index (χ3v) is 16.6. The zero-order valence-corrected chi connectivity index (χ0v) is 50.3. The number of aromatic nitrogens is 7. The van der Waals surface area contributed by atoms with Crippen LogP contribution < -0.4 is 0 Å². The highest BCUT2D eigenvalue weighted by Gasteiger charge is 2.28. The number of hydrogen-bond acceptors (Lipinski definition) is 5. The van der Waals surface area contributed by atoms with Gasteiger partial charge in [0, 0.05) is 60.6 Å². The molecule has 0 amide bonds. The van der Waals surface area contributed by atoms with E-state index < -0.39 is 0 Å². The molecular weight excluding hydrogens is 1020 g/mol. The number of benzene rings is 9. The van der Waals surface area contributed by atoms with Crippen LogP contribution in [0.2, 0.25) is 0 Å². The standard InChI is InChI=1S/C77H71N7/c1-74(2,3)53-38-51(39-54(43-53)75(4,5)6)71-80-72(52-40-55(76(7,8)9)44-56(41-52)77(10,11)12)82-73(81-71)62-42-50(64-46-63(48-26-16-13-17-27-48)78-70(79-64)49-28-18-14-19-29-49)36-37-67(62)84-66-35-25-23-33-59(66)61-45-60-58-32-22-24-34-65(58)83(68(60)47-69(61)84)57-30-20-15-21-31-57/h13-47H,1-12H3. The van der Waals surface area contributed by atoms with Gasteiger partial charge < -0.3 is 9.13 Å². The van der Waals surface area contributed by atoms with E-state index in [0.29, 0.717) is 23.3 Å². The van der Waals surface area contributed by atoms with Gasteiger partial charge in [-0.1, -0.05) is 217 Å². The lowest BCUT2D eigenvalue weighted by Crippen LogP contribution is -2.17. The number of nitrogens with zero attached hydrogens (tertiary/aromatic N) is 7. The summed E-state index contributed by atoms with van der Waals surface area (Å²) >= 11 is 0. The third kappa shape index (κ3) is 9.95. The molecule has 0 N–H and O–H groups in total. The monoisotopic (exact) mass is 1090 g/mol. The fourth-order valence-electron chi connectivity index (χ4n) is 11.7. The Hall–Kier alpha value is -9.33. The van der Waals surface area contributed by atoms with Crippen LogP contribution >= 0.6 is 0 Å². The molecule has 7 nitrogen and oxygen atoms in total. The van der Waals surface area contributed by atoms with Crippen molar-refractivity contribution in [2.45, 2.75) is 105 Å². The largest absolute Gasteiger partial charge is 0.309 e. The van der Waals surface area contributed by atoms with E-state index >= 15 is 0 Å². The summed E-state index contributed by atoms with van der Waals surface area (Å²) in [7, 11) is 0. The molecule has 7 heteroatoms. The molecule has 13 aromatic rings. The van der Waals surface area contributed by atoms with Gasteiger partial charge in [-0.3, -0.25) is 0 Å². The van der Waals surface area contributed by atoms with Crippen LogP contribution in [0.25, 0.3) is 123 Å². The van der Waals surface area contributed by atoms with Crippen LogP contribution in [0.3, 0.4) is 0 Å². The first-order valence-electron chi connectivity index (χ1n) is 29.4. The molecule has 0 aliphatic heterocycles. The lowest BCUT2D eigenvalue weighted by Gasteiger charge is -2.26. The van der Waals surface area contributed by atoms with Crippen molar-refractivity contribution in [3.05, 3.63) is 235 Å². The number of para-hydroxylation sites is 3. The summed E-state index contributed by atoms with van der Waals surface area (Å²) in [5.74, 6) is 2.41. The van der Waals surface area contributed by atoms with Crippen molar-refractivity contribution >= 4 is 43.6 Å². The van der Waals surface area contributed by atoms with Gasteiger partial charge in [-0.05, 0) is 123 Å². The van der Waals surface area contributed by atoms with Gasteiger partial charge in [0.2, 0.25) is 0 Å². The molecule has 0 atom stereocenters. The molecule has 414 valence electrons. The second-order valence-corrected chi connectivity index (χ2v) is 26.8. The smallest absolute Gasteiger partial charge is 0.166 e. The van der Waals surface area contributed by atoms with Crippen molar-refractivity contribution in [3.8, 4) is 79.4 Å². The minimum absolute atomic E-state index is 0.151. The first-order valence-corrected chi connectivity index (χ1v) is 29.4. The number of hydrogen-bond donors (Lipinski definition) is 0. The average Bonchev–Trinajstić information content (AvgIpc) is 1.79. The predicted octanol–water partition coefficient (Wildman–Crippen LogP) is 20.0. The molecule has 0 fully saturated rings. The lowest BCUT2D eigenvalue weighted by molar-refractivity contribution is 0.568. The van der Waals surface area contributed by atoms with Crippen LogP contribution in [0.1, 0.15) is 105 Å². The Morgan fingerprint density at radius 1 is 0.262 bits per heavy atom. The maximum Gasteiger partial charge on any atom is 0.166 e. The molecular formula is C77H71N7. The normalized spacial score (nSPS) is 12.5. The van der Waals surface area contributed by atoms with E-state index in [1.165, 1.54) is 33.0 Å². The first-order chi connectivity index (χ1) is 40.1. The molecule has 0 bridgehead atoms. The Morgan fingerprint density at radius 2 is 0.667 bits per heavy atom. The molecule has 0 radical (unpaired) electrons. The minimum Gasteiger partial charge on any atom is -0.309 e. The van der Waals surface area contributed by atoms with Crippen molar-refractivity contribution in [1.29, 1.82) is 0 Å². The molecule has 84 heavy (non-hydrogen) atoms. The Morgan fingerprint density at radius 3 is 1.17 bits per heavy atom. The molecule has 0 saturated heterocycles. The van der Waals surface area contributed by atoms with Crippen LogP contribution in [0.15, 0.2) is 212 Å². The van der Waals surface area contributed by atoms with Gasteiger partial charge in [-0.25, -0.2) is 24.9 Å². The highest BCUT2D eigenvalue weighted by Crippen LogP contribution is 2.44. The van der Waals surface area contributed by atoms with Gasteiger partial charge >= 0.3 is 0 Å². The Labute approximate surface area is 493 Å². The van der Waals surface area contributed by atoms with E-state index in [4.69, 9.17) is 24.9 Å². The van der Waals surface area contributed by atoms with Gasteiger partial charge in [0.1, 0.15) is 0 Å². The summed E-state index contributed by atoms with van der Waals surface area (Å²) in [6.07, 6.45) is 0. The lowest BCUT2D eigenvalue weighted by atomic mass is 9.79. The number of fused-ring (bicyclic) bond motifs is 6. The molecule has 0 aliphatic rings. The molecule has 0 unspecified atom stereocenters. The fourth-order valence-corrected chi connectivity index (χ4v) is 11.7. The molecule has 13 rings (SSSR count). The summed E-state index contributed by atoms with van der Waals surface area (Å²) in [5, 5.41) is 4.70. The Bertz CT molecular complexity index is 4460. The van der Waals surface area contributed by atoms with Crippen molar-refractivity contribution < 1.29 is 0 Å². The van der Waals surface area contributed by atoms with Gasteiger partial charge in [0.15, 0.2) is 23.3 Å². The first kappa shape index (κ1) is 53.9. The molecule has 4 aromatic heterocycles. The quantitative estimate of drug-likeness (QED) is 0.152. The van der Waals surface area contributed by atoms with Crippen molar-refractivity contribution in [2.24, 2.45) is 0 Å². The molecule has 9 aromatic carbocycles. The van der Waals surface area contributed by atoms with Crippen LogP contribution in [0, 0.1) is 0 Å². The van der Waals surface area contributed by atoms with E-state index in [1.807, 2.05) is 24.3 Å². The summed E-state index contributed by atoms with van der Waals surface area (Å²) in [4.78, 5) is 27.7. The number of rotatable bonds is 8. The second kappa shape index (κ2) is 20.2. The summed E-state index contributed by atoms with van der Waals surface area (Å²) in [6.45, 7) is 27.4. The molecule has 4 heterocycles. The van der Waals surface area contributed by atoms with E-state index in [2.05, 4.69) is 280 Å². The molecule has 0 aliphatic carbocycles. The SMILES string of the molecule is CC(C)(C)c1cc(-c2nc(-c3cc(C(C)(C)C)cc(C(C)(C)C)c3)nc(-c3cc(-c4cc(-c5ccccc5)nc(-c5ccccc5)n4)ccc3-n3c4ccccc4c4cc5c6ccccc6n(-c6ccccc6)c5cc43)n2)cc(C(C)(C)C)c1. The summed E-state index contributed by atoms with van der Waals surface area (Å²) in [6, 6.07) is 76.4. The topological polar surface area (TPSA) is 74.3 Å². The van der Waals surface area contributed by atoms with Crippen LogP contribution in [0.4, 0.5) is 0 Å². The summed E-state index contributed by atoms with van der Waals surface area (Å²) < 4.78 is 4.83. The Kier molecular flexibility index (Phi) is 13.0. The maximum absolute atomic E-state index is 5.74. The van der Waals surface area contributed by atoms with Crippen molar-refractivity contribution in [1.82, 2.24) is 34.1 Å². The second-order valence-electron chi connectivity index (χ2n) is 26.8. The van der Waals surface area contributed by atoms with Gasteiger partial charge in [0.05, 0.1) is 39.1 Å². The van der Waals surface area contributed by atoms with E-state index in [1.54, 1.807) is 0 Å². The predicted molar refractivity (Wildman–Crippen MR) is 352 cm³/mol. The van der Waals surface area contributed by atoms with Crippen LogP contribution in [-0.2, 0) is 21.7 Å². The summed E-state index contributed by atoms with van der Waals surface area (Å²) in [5.41, 5.74) is 17.9. The van der Waals surface area contributed by atoms with E-state index in [0.717, 1.165) is 89.0 Å². The zero-order valence-electron chi connectivity index (χ0n) is 50.3. The van der Waals surface area contributed by atoms with E-state index in [9.17, 15) is 0 Å². The van der Waals surface area contributed by atoms with Crippen molar-refractivity contribution in [2.75, 3.05) is 0 Å². The zero-order chi connectivity index (χ0) is 58.5. The minimum atomic E-state index is -0.151. The van der Waals surface area contributed by atoms with Gasteiger partial charge in [-0.15, -0.1) is 0 Å². The van der Waals surface area contributed by atoms with Gasteiger partial charge in [0.25, 0.3) is 0 Å². The highest BCUT2D eigenvalue weighted by molar-refractivity contribution is 6.19. The highest BCUT2D eigenvalue weighted by atomic mass is 15.1. The van der Waals surface area contributed by atoms with E-state index in [-0.39, 0.29) is 21.7 Å². The maximum atomic E-state index is 5.74. The molecule has 0 saturated carbocycles. The van der Waals surface area contributed by atoms with Crippen molar-refractivity contribution in [3.63, 3.8) is 0 Å². The Balaban J connectivity index is 1.16. The fraction of sp³-hybridized carbons (Fsp3) is 0.208. The third-order valence-electron chi connectivity index (χ3n) is 16.6.